The number of fused-ring (bicyclic) bond motifs is 1. The first kappa shape index (κ1) is 19.4. The maximum absolute atomic E-state index is 12.8. The number of nitrogens with zero attached hydrogens (tertiary/aromatic N) is 1. The van der Waals surface area contributed by atoms with Crippen LogP contribution in [0.3, 0.4) is 0 Å². The summed E-state index contributed by atoms with van der Waals surface area (Å²) in [5.74, 6) is 0. The number of sulfone groups is 1. The molecule has 1 aliphatic rings. The summed E-state index contributed by atoms with van der Waals surface area (Å²) in [6.07, 6.45) is 0.806. The summed E-state index contributed by atoms with van der Waals surface area (Å²) in [5, 5.41) is 2.26. The Morgan fingerprint density at radius 2 is 1.85 bits per heavy atom. The number of nitrogens with one attached hydrogen (secondary N) is 1. The zero-order chi connectivity index (χ0) is 19.8. The van der Waals surface area contributed by atoms with Crippen molar-refractivity contribution < 1.29 is 13.2 Å². The summed E-state index contributed by atoms with van der Waals surface area (Å²) in [4.78, 5) is 14.7. The molecule has 0 spiro atoms. The number of carbonyl (C=O) groups is 1. The number of aryl methyl sites for hydroxylation is 2. The van der Waals surface area contributed by atoms with Crippen LogP contribution in [-0.4, -0.2) is 31.1 Å². The van der Waals surface area contributed by atoms with E-state index in [9.17, 15) is 13.2 Å². The highest BCUT2D eigenvalue weighted by molar-refractivity contribution is 7.92. The van der Waals surface area contributed by atoms with Gasteiger partial charge in [0.25, 0.3) is 0 Å². The predicted molar refractivity (Wildman–Crippen MR) is 108 cm³/mol. The number of hydrogen-bond donors (Lipinski definition) is 1. The molecular formula is C21H26N2O3S. The van der Waals surface area contributed by atoms with Crippen molar-refractivity contribution in [2.75, 3.05) is 11.9 Å². The molecule has 2 amide bonds. The number of para-hydroxylation sites is 1. The van der Waals surface area contributed by atoms with Crippen molar-refractivity contribution in [3.63, 3.8) is 0 Å². The Hall–Kier alpha value is -2.34. The number of carbonyl (C=O) groups excluding carboxylic acids is 1. The maximum atomic E-state index is 12.8. The van der Waals surface area contributed by atoms with Crippen LogP contribution in [0.25, 0.3) is 0 Å². The number of amides is 2. The van der Waals surface area contributed by atoms with Crippen molar-refractivity contribution >= 4 is 21.6 Å². The first-order valence-corrected chi connectivity index (χ1v) is 10.7. The largest absolute Gasteiger partial charge is 0.322 e. The minimum Gasteiger partial charge on any atom is -0.320 e. The summed E-state index contributed by atoms with van der Waals surface area (Å²) >= 11 is 0. The quantitative estimate of drug-likeness (QED) is 0.864. The molecule has 6 heteroatoms. The summed E-state index contributed by atoms with van der Waals surface area (Å²) in [5.41, 5.74) is 5.26. The first-order chi connectivity index (χ1) is 12.7. The van der Waals surface area contributed by atoms with Gasteiger partial charge in [-0.05, 0) is 62.9 Å². The number of anilines is 1. The lowest BCUT2D eigenvalue weighted by molar-refractivity contribution is 0.206. The van der Waals surface area contributed by atoms with Gasteiger partial charge in [-0.2, -0.15) is 0 Å². The molecule has 0 atom stereocenters. The van der Waals surface area contributed by atoms with Crippen LogP contribution in [0.4, 0.5) is 10.5 Å². The fourth-order valence-electron chi connectivity index (χ4n) is 3.56. The van der Waals surface area contributed by atoms with Crippen molar-refractivity contribution in [1.82, 2.24) is 4.90 Å². The number of hydrogen-bond acceptors (Lipinski definition) is 3. The second-order valence-electron chi connectivity index (χ2n) is 7.41. The molecular weight excluding hydrogens is 360 g/mol. The van der Waals surface area contributed by atoms with E-state index in [1.54, 1.807) is 43.0 Å². The van der Waals surface area contributed by atoms with E-state index in [4.69, 9.17) is 0 Å². The van der Waals surface area contributed by atoms with E-state index < -0.39 is 15.1 Å². The van der Waals surface area contributed by atoms with Crippen LogP contribution in [0.15, 0.2) is 41.3 Å². The van der Waals surface area contributed by atoms with Gasteiger partial charge in [0.05, 0.1) is 15.8 Å². The lowest BCUT2D eigenvalue weighted by Gasteiger charge is -2.30. The van der Waals surface area contributed by atoms with Crippen molar-refractivity contribution in [2.45, 2.75) is 50.8 Å². The van der Waals surface area contributed by atoms with Crippen LogP contribution < -0.4 is 5.32 Å². The number of urea groups is 1. The van der Waals surface area contributed by atoms with Gasteiger partial charge in [-0.1, -0.05) is 29.8 Å². The normalized spacial score (nSPS) is 14.2. The Morgan fingerprint density at radius 3 is 2.56 bits per heavy atom. The third-order valence-electron chi connectivity index (χ3n) is 5.05. The average Bonchev–Trinajstić information content (AvgIpc) is 2.61. The van der Waals surface area contributed by atoms with E-state index in [-0.39, 0.29) is 10.9 Å². The molecule has 0 radical (unpaired) electrons. The molecule has 2 aromatic rings. The van der Waals surface area contributed by atoms with Gasteiger partial charge in [0.2, 0.25) is 0 Å². The molecule has 0 bridgehead atoms. The predicted octanol–water partition coefficient (Wildman–Crippen LogP) is 4.08. The zero-order valence-corrected chi connectivity index (χ0v) is 17.1. The highest BCUT2D eigenvalue weighted by Crippen LogP contribution is 2.27. The van der Waals surface area contributed by atoms with Crippen LogP contribution in [0.1, 0.15) is 36.1 Å². The lowest BCUT2D eigenvalue weighted by Crippen LogP contribution is -2.39. The molecule has 1 heterocycles. The smallest absolute Gasteiger partial charge is 0.320 e. The van der Waals surface area contributed by atoms with E-state index in [0.29, 0.717) is 18.8 Å². The minimum atomic E-state index is -3.48. The Kier molecular flexibility index (Phi) is 5.29. The number of benzene rings is 2. The monoisotopic (exact) mass is 386 g/mol. The van der Waals surface area contributed by atoms with Crippen molar-refractivity contribution in [1.29, 1.82) is 0 Å². The van der Waals surface area contributed by atoms with Crippen LogP contribution >= 0.6 is 0 Å². The van der Waals surface area contributed by atoms with Crippen molar-refractivity contribution in [3.8, 4) is 0 Å². The van der Waals surface area contributed by atoms with Gasteiger partial charge in [-0.3, -0.25) is 0 Å². The fraction of sp³-hybridized carbons (Fsp3) is 0.381. The molecule has 0 fully saturated rings. The van der Waals surface area contributed by atoms with Gasteiger partial charge in [0.15, 0.2) is 9.84 Å². The molecule has 27 heavy (non-hydrogen) atoms. The Morgan fingerprint density at radius 1 is 1.15 bits per heavy atom. The molecule has 1 N–H and O–H groups in total. The van der Waals surface area contributed by atoms with Gasteiger partial charge < -0.3 is 10.2 Å². The molecule has 1 aliphatic heterocycles. The third-order valence-corrected chi connectivity index (χ3v) is 7.26. The molecule has 0 saturated heterocycles. The fourth-order valence-corrected chi connectivity index (χ4v) is 4.76. The first-order valence-electron chi connectivity index (χ1n) is 9.18. The summed E-state index contributed by atoms with van der Waals surface area (Å²) in [7, 11) is -3.48. The van der Waals surface area contributed by atoms with Gasteiger partial charge >= 0.3 is 6.03 Å². The van der Waals surface area contributed by atoms with Gasteiger partial charge in [0.1, 0.15) is 0 Å². The number of rotatable bonds is 3. The molecule has 3 rings (SSSR count). The molecule has 0 aromatic heterocycles. The van der Waals surface area contributed by atoms with Crippen LogP contribution in [-0.2, 0) is 22.8 Å². The Balaban J connectivity index is 1.83. The third kappa shape index (κ3) is 3.86. The summed E-state index contributed by atoms with van der Waals surface area (Å²) < 4.78 is 25.2. The highest BCUT2D eigenvalue weighted by Gasteiger charge is 2.26. The molecule has 0 unspecified atom stereocenters. The van der Waals surface area contributed by atoms with E-state index in [1.165, 1.54) is 16.7 Å². The van der Waals surface area contributed by atoms with Gasteiger partial charge in [-0.25, -0.2) is 13.2 Å². The van der Waals surface area contributed by atoms with E-state index >= 15 is 0 Å². The topological polar surface area (TPSA) is 66.5 Å². The Bertz CT molecular complexity index is 981. The van der Waals surface area contributed by atoms with Crippen molar-refractivity contribution in [2.24, 2.45) is 0 Å². The highest BCUT2D eigenvalue weighted by atomic mass is 32.2. The maximum Gasteiger partial charge on any atom is 0.322 e. The average molecular weight is 387 g/mol. The summed E-state index contributed by atoms with van der Waals surface area (Å²) in [6.45, 7) is 8.58. The SMILES string of the molecule is Cc1cc(C)c2c(c1)CN(C(=O)Nc1ccccc1S(=O)(=O)C(C)C)CC2. The molecule has 5 nitrogen and oxygen atoms in total. The molecule has 0 aliphatic carbocycles. The van der Waals surface area contributed by atoms with Gasteiger partial charge in [0, 0.05) is 13.1 Å². The molecule has 144 valence electrons. The van der Waals surface area contributed by atoms with E-state index in [0.717, 1.165) is 12.0 Å². The van der Waals surface area contributed by atoms with E-state index in [2.05, 4.69) is 31.3 Å². The van der Waals surface area contributed by atoms with Gasteiger partial charge in [-0.15, -0.1) is 0 Å². The van der Waals surface area contributed by atoms with Crippen LogP contribution in [0.5, 0.6) is 0 Å². The standard InChI is InChI=1S/C21H26N2O3S/c1-14(2)27(25,26)20-8-6-5-7-19(20)22-21(24)23-10-9-18-16(4)11-15(3)12-17(18)13-23/h5-8,11-12,14H,9-10,13H2,1-4H3,(H,22,24). The summed E-state index contributed by atoms with van der Waals surface area (Å²) in [6, 6.07) is 10.6. The second-order valence-corrected chi connectivity index (χ2v) is 9.88. The van der Waals surface area contributed by atoms with Crippen LogP contribution in [0, 0.1) is 13.8 Å². The minimum absolute atomic E-state index is 0.164. The van der Waals surface area contributed by atoms with Crippen molar-refractivity contribution in [3.05, 3.63) is 58.7 Å². The second kappa shape index (κ2) is 7.35. The lowest BCUT2D eigenvalue weighted by atomic mass is 9.93. The molecule has 0 saturated carbocycles. The zero-order valence-electron chi connectivity index (χ0n) is 16.2. The Labute approximate surface area is 161 Å². The van der Waals surface area contributed by atoms with Crippen LogP contribution in [0.2, 0.25) is 0 Å². The van der Waals surface area contributed by atoms with E-state index in [1.807, 2.05) is 0 Å². The molecule has 2 aromatic carbocycles.